The second-order valence-electron chi connectivity index (χ2n) is 7.25. The molecule has 0 saturated heterocycles. The fourth-order valence-electron chi connectivity index (χ4n) is 3.80. The predicted molar refractivity (Wildman–Crippen MR) is 114 cm³/mol. The van der Waals surface area contributed by atoms with Crippen molar-refractivity contribution < 1.29 is 9.59 Å². The number of carbonyl (C=O) groups is 2. The van der Waals surface area contributed by atoms with Gasteiger partial charge in [0.2, 0.25) is 5.91 Å². The molecule has 1 aliphatic heterocycles. The Balaban J connectivity index is 1.49. The van der Waals surface area contributed by atoms with E-state index in [0.29, 0.717) is 17.1 Å². The summed E-state index contributed by atoms with van der Waals surface area (Å²) in [7, 11) is 0. The average molecular weight is 398 g/mol. The maximum atomic E-state index is 13.2. The number of aromatic amines is 1. The van der Waals surface area contributed by atoms with E-state index in [9.17, 15) is 9.59 Å². The smallest absolute Gasteiger partial charge is 0.327 e. The van der Waals surface area contributed by atoms with Crippen LogP contribution in [0.5, 0.6) is 0 Å². The van der Waals surface area contributed by atoms with Gasteiger partial charge in [0.1, 0.15) is 5.92 Å². The Morgan fingerprint density at radius 1 is 1.07 bits per heavy atom. The predicted octanol–water partition coefficient (Wildman–Crippen LogP) is 3.59. The van der Waals surface area contributed by atoms with Gasteiger partial charge in [-0.2, -0.15) is 5.10 Å². The molecule has 3 amide bonds. The van der Waals surface area contributed by atoms with Gasteiger partial charge in [-0.15, -0.1) is 0 Å². The van der Waals surface area contributed by atoms with E-state index in [-0.39, 0.29) is 5.91 Å². The van der Waals surface area contributed by atoms with E-state index < -0.39 is 18.0 Å². The van der Waals surface area contributed by atoms with Crippen LogP contribution in [0.15, 0.2) is 65.8 Å². The number of aliphatic imine (C=N–C) groups is 1. The van der Waals surface area contributed by atoms with Crippen molar-refractivity contribution in [3.8, 4) is 0 Å². The highest BCUT2D eigenvalue weighted by Gasteiger charge is 2.37. The van der Waals surface area contributed by atoms with Crippen molar-refractivity contribution in [1.82, 2.24) is 20.5 Å². The van der Waals surface area contributed by atoms with Gasteiger partial charge in [0.15, 0.2) is 0 Å². The summed E-state index contributed by atoms with van der Waals surface area (Å²) in [5.74, 6) is -0.949. The second-order valence-corrected chi connectivity index (χ2v) is 7.25. The zero-order valence-corrected chi connectivity index (χ0v) is 16.1. The summed E-state index contributed by atoms with van der Waals surface area (Å²) in [6.45, 7) is 1.69. The monoisotopic (exact) mass is 398 g/mol. The van der Waals surface area contributed by atoms with Gasteiger partial charge in [-0.25, -0.2) is 9.79 Å². The zero-order valence-electron chi connectivity index (χ0n) is 16.1. The number of urea groups is 1. The molecule has 2 atom stereocenters. The zero-order chi connectivity index (χ0) is 20.7. The van der Waals surface area contributed by atoms with Gasteiger partial charge >= 0.3 is 6.03 Å². The van der Waals surface area contributed by atoms with Crippen LogP contribution in [-0.4, -0.2) is 32.8 Å². The number of H-pyrrole nitrogens is 1. The number of aromatic nitrogens is 3. The minimum absolute atomic E-state index is 0.265. The highest BCUT2D eigenvalue weighted by Crippen LogP contribution is 2.29. The Bertz CT molecular complexity index is 1330. The number of hydrogen-bond donors (Lipinski definition) is 3. The van der Waals surface area contributed by atoms with Gasteiger partial charge in [0.05, 0.1) is 29.0 Å². The number of benzene rings is 2. The lowest BCUT2D eigenvalue weighted by atomic mass is 9.89. The van der Waals surface area contributed by atoms with Gasteiger partial charge in [0.25, 0.3) is 0 Å². The summed E-state index contributed by atoms with van der Waals surface area (Å²) in [6, 6.07) is 15.9. The van der Waals surface area contributed by atoms with E-state index in [0.717, 1.165) is 21.8 Å². The summed E-state index contributed by atoms with van der Waals surface area (Å²) in [4.78, 5) is 34.0. The third kappa shape index (κ3) is 3.18. The Hall–Kier alpha value is -4.07. The summed E-state index contributed by atoms with van der Waals surface area (Å²) < 4.78 is 0. The van der Waals surface area contributed by atoms with Gasteiger partial charge in [-0.1, -0.05) is 24.3 Å². The molecule has 1 aliphatic rings. The quantitative estimate of drug-likeness (QED) is 0.489. The van der Waals surface area contributed by atoms with Crippen molar-refractivity contribution in [1.29, 1.82) is 0 Å². The Morgan fingerprint density at radius 3 is 2.83 bits per heavy atom. The standard InChI is InChI=1S/C22H18N6O2/c1-12-19(21(29)25-15-7-9-17-14(10-15)11-23-28-17)20(27-22(30)24-12)18-8-6-13-4-2-3-5-16(13)26-18/h2-11,19-20H,1H3,(H,23,28)(H,25,29)(H,27,30). The van der Waals surface area contributed by atoms with Crippen LogP contribution in [0, 0.1) is 5.92 Å². The van der Waals surface area contributed by atoms with E-state index >= 15 is 0 Å². The molecule has 0 saturated carbocycles. The third-order valence-corrected chi connectivity index (χ3v) is 5.27. The van der Waals surface area contributed by atoms with Crippen LogP contribution in [0.25, 0.3) is 21.8 Å². The molecule has 3 heterocycles. The lowest BCUT2D eigenvalue weighted by Crippen LogP contribution is -2.45. The Kier molecular flexibility index (Phi) is 4.24. The maximum Gasteiger partial charge on any atom is 0.341 e. The molecule has 0 radical (unpaired) electrons. The average Bonchev–Trinajstić information content (AvgIpc) is 3.20. The molecule has 3 N–H and O–H groups in total. The fourth-order valence-corrected chi connectivity index (χ4v) is 3.80. The minimum Gasteiger partial charge on any atom is -0.327 e. The SMILES string of the molecule is CC1=NC(=O)NC(c2ccc3ccccc3n2)C1C(=O)Nc1ccc2[nH]ncc2c1. The first-order valence-corrected chi connectivity index (χ1v) is 9.54. The number of para-hydroxylation sites is 1. The number of nitrogens with zero attached hydrogens (tertiary/aromatic N) is 3. The van der Waals surface area contributed by atoms with Crippen molar-refractivity contribution in [2.24, 2.45) is 10.9 Å². The van der Waals surface area contributed by atoms with Crippen molar-refractivity contribution >= 4 is 45.1 Å². The number of fused-ring (bicyclic) bond motifs is 2. The Morgan fingerprint density at radius 2 is 1.93 bits per heavy atom. The van der Waals surface area contributed by atoms with Crippen LogP contribution in [-0.2, 0) is 4.79 Å². The molecule has 5 rings (SSSR count). The summed E-state index contributed by atoms with van der Waals surface area (Å²) in [5, 5.41) is 14.5. The molecule has 0 aliphatic carbocycles. The molecule has 2 aromatic heterocycles. The maximum absolute atomic E-state index is 13.2. The lowest BCUT2D eigenvalue weighted by Gasteiger charge is -2.29. The van der Waals surface area contributed by atoms with E-state index in [1.165, 1.54) is 0 Å². The van der Waals surface area contributed by atoms with Crippen molar-refractivity contribution in [2.45, 2.75) is 13.0 Å². The molecule has 4 aromatic rings. The number of nitrogens with one attached hydrogen (secondary N) is 3. The molecule has 0 bridgehead atoms. The molecule has 2 aromatic carbocycles. The number of anilines is 1. The molecule has 8 heteroatoms. The van der Waals surface area contributed by atoms with Crippen LogP contribution in [0.3, 0.4) is 0 Å². The molecular formula is C22H18N6O2. The highest BCUT2D eigenvalue weighted by molar-refractivity contribution is 6.13. The van der Waals surface area contributed by atoms with E-state index in [1.807, 2.05) is 48.5 Å². The molecule has 0 fully saturated rings. The van der Waals surface area contributed by atoms with Crippen molar-refractivity contribution in [3.63, 3.8) is 0 Å². The third-order valence-electron chi connectivity index (χ3n) is 5.27. The van der Waals surface area contributed by atoms with Gasteiger partial charge < -0.3 is 10.6 Å². The summed E-state index contributed by atoms with van der Waals surface area (Å²) in [5.41, 5.74) is 3.38. The normalized spacial score (nSPS) is 18.8. The van der Waals surface area contributed by atoms with E-state index in [4.69, 9.17) is 0 Å². The highest BCUT2D eigenvalue weighted by atomic mass is 16.2. The molecule has 8 nitrogen and oxygen atoms in total. The Labute approximate surface area is 171 Å². The first-order chi connectivity index (χ1) is 14.6. The first kappa shape index (κ1) is 18.0. The molecular weight excluding hydrogens is 380 g/mol. The molecule has 148 valence electrons. The van der Waals surface area contributed by atoms with Crippen LogP contribution in [0.2, 0.25) is 0 Å². The van der Waals surface area contributed by atoms with Crippen molar-refractivity contribution in [2.75, 3.05) is 5.32 Å². The summed E-state index contributed by atoms with van der Waals surface area (Å²) in [6.07, 6.45) is 1.69. The largest absolute Gasteiger partial charge is 0.341 e. The van der Waals surface area contributed by atoms with Crippen LogP contribution in [0.4, 0.5) is 10.5 Å². The number of amides is 3. The van der Waals surface area contributed by atoms with Gasteiger partial charge in [-0.05, 0) is 37.3 Å². The van der Waals surface area contributed by atoms with Crippen LogP contribution >= 0.6 is 0 Å². The van der Waals surface area contributed by atoms with Crippen molar-refractivity contribution in [3.05, 3.63) is 66.5 Å². The second kappa shape index (κ2) is 7.07. The van der Waals surface area contributed by atoms with E-state index in [2.05, 4.69) is 30.8 Å². The first-order valence-electron chi connectivity index (χ1n) is 9.54. The van der Waals surface area contributed by atoms with Crippen LogP contribution in [0.1, 0.15) is 18.7 Å². The van der Waals surface area contributed by atoms with Gasteiger partial charge in [0, 0.05) is 22.2 Å². The fraction of sp³-hybridized carbons (Fsp3) is 0.136. The lowest BCUT2D eigenvalue weighted by molar-refractivity contribution is -0.118. The van der Waals surface area contributed by atoms with Crippen LogP contribution < -0.4 is 10.6 Å². The number of pyridine rings is 1. The number of carbonyl (C=O) groups excluding carboxylic acids is 2. The molecule has 30 heavy (non-hydrogen) atoms. The number of hydrogen-bond acceptors (Lipinski definition) is 4. The van der Waals surface area contributed by atoms with Gasteiger partial charge in [-0.3, -0.25) is 14.9 Å². The molecule has 2 unspecified atom stereocenters. The summed E-state index contributed by atoms with van der Waals surface area (Å²) >= 11 is 0. The number of rotatable bonds is 3. The minimum atomic E-state index is -0.684. The topological polar surface area (TPSA) is 112 Å². The van der Waals surface area contributed by atoms with E-state index in [1.54, 1.807) is 19.2 Å². The molecule has 0 spiro atoms.